The number of carbonyl (C=O) groups excluding carboxylic acids is 2. The van der Waals surface area contributed by atoms with E-state index in [2.05, 4.69) is 15.0 Å². The summed E-state index contributed by atoms with van der Waals surface area (Å²) in [5.41, 5.74) is 4.10. The van der Waals surface area contributed by atoms with Gasteiger partial charge in [0.05, 0.1) is 25.3 Å². The number of methoxy groups -OCH3 is 1. The second-order valence-electron chi connectivity index (χ2n) is 4.81. The van der Waals surface area contributed by atoms with Crippen molar-refractivity contribution in [3.8, 4) is 0 Å². The van der Waals surface area contributed by atoms with Crippen LogP contribution in [0.3, 0.4) is 0 Å². The van der Waals surface area contributed by atoms with Gasteiger partial charge < -0.3 is 10.1 Å². The molecule has 1 amide bonds. The van der Waals surface area contributed by atoms with Crippen LogP contribution in [0.2, 0.25) is 0 Å². The number of nitrogens with one attached hydrogen (secondary N) is 1. The fourth-order valence-electron chi connectivity index (χ4n) is 2.61. The summed E-state index contributed by atoms with van der Waals surface area (Å²) in [6.07, 6.45) is 0.0891. The number of amides is 1. The number of ether oxygens (including phenoxy) is 1. The number of carbonyl (C=O) groups is 2. The predicted octanol–water partition coefficient (Wildman–Crippen LogP) is 1.55. The van der Waals surface area contributed by atoms with Gasteiger partial charge in [-0.05, 0) is 18.6 Å². The summed E-state index contributed by atoms with van der Waals surface area (Å²) in [6.45, 7) is 1.90. The van der Waals surface area contributed by atoms with Crippen molar-refractivity contribution in [2.45, 2.75) is 19.4 Å². The van der Waals surface area contributed by atoms with Gasteiger partial charge in [0, 0.05) is 16.8 Å². The van der Waals surface area contributed by atoms with Crippen LogP contribution in [-0.2, 0) is 9.53 Å². The maximum absolute atomic E-state index is 12.3. The van der Waals surface area contributed by atoms with Crippen LogP contribution in [0, 0.1) is 0 Å². The molecule has 5 heteroatoms. The third-order valence-electron chi connectivity index (χ3n) is 3.58. The lowest BCUT2D eigenvalue weighted by Crippen LogP contribution is -2.38. The first-order valence-electron chi connectivity index (χ1n) is 6.38. The van der Waals surface area contributed by atoms with Gasteiger partial charge in [-0.1, -0.05) is 18.2 Å². The molecule has 20 heavy (non-hydrogen) atoms. The van der Waals surface area contributed by atoms with E-state index in [-0.39, 0.29) is 18.3 Å². The molecule has 0 aliphatic carbocycles. The van der Waals surface area contributed by atoms with Gasteiger partial charge in [-0.25, -0.2) is 0 Å². The molecule has 1 aromatic carbocycles. The highest BCUT2D eigenvalue weighted by Crippen LogP contribution is 2.36. The second-order valence-corrected chi connectivity index (χ2v) is 4.81. The number of aliphatic imine (C=N–C) groups is 1. The van der Waals surface area contributed by atoms with Crippen LogP contribution in [0.5, 0.6) is 0 Å². The summed E-state index contributed by atoms with van der Waals surface area (Å²) in [5, 5.41) is 2.85. The Morgan fingerprint density at radius 2 is 2.05 bits per heavy atom. The lowest BCUT2D eigenvalue weighted by molar-refractivity contribution is -0.140. The topological polar surface area (TPSA) is 67.8 Å². The van der Waals surface area contributed by atoms with Crippen molar-refractivity contribution >= 4 is 23.2 Å². The molecule has 0 bridgehead atoms. The molecule has 5 nitrogen and oxygen atoms in total. The maximum atomic E-state index is 12.3. The molecule has 2 aliphatic heterocycles. The molecule has 0 saturated carbocycles. The zero-order chi connectivity index (χ0) is 14.3. The first kappa shape index (κ1) is 12.6. The van der Waals surface area contributed by atoms with Crippen LogP contribution in [0.25, 0.3) is 5.57 Å². The van der Waals surface area contributed by atoms with E-state index in [4.69, 9.17) is 0 Å². The zero-order valence-corrected chi connectivity index (χ0v) is 11.3. The van der Waals surface area contributed by atoms with Crippen molar-refractivity contribution in [3.63, 3.8) is 0 Å². The Kier molecular flexibility index (Phi) is 2.89. The quantitative estimate of drug-likeness (QED) is 0.829. The van der Waals surface area contributed by atoms with Gasteiger partial charge in [0.1, 0.15) is 0 Å². The van der Waals surface area contributed by atoms with Gasteiger partial charge in [0.15, 0.2) is 0 Å². The second kappa shape index (κ2) is 4.59. The number of fused-ring (bicyclic) bond motifs is 2. The Hall–Kier alpha value is -2.43. The number of esters is 1. The Morgan fingerprint density at radius 3 is 2.70 bits per heavy atom. The minimum atomic E-state index is -0.430. The Labute approximate surface area is 116 Å². The summed E-state index contributed by atoms with van der Waals surface area (Å²) in [5.74, 6) is -0.556. The predicted molar refractivity (Wildman–Crippen MR) is 74.4 cm³/mol. The highest BCUT2D eigenvalue weighted by atomic mass is 16.5. The van der Waals surface area contributed by atoms with E-state index >= 15 is 0 Å². The van der Waals surface area contributed by atoms with Crippen molar-refractivity contribution in [2.75, 3.05) is 7.11 Å². The highest BCUT2D eigenvalue weighted by Gasteiger charge is 2.35. The lowest BCUT2D eigenvalue weighted by Gasteiger charge is -2.25. The number of benzene rings is 1. The highest BCUT2D eigenvalue weighted by molar-refractivity contribution is 6.31. The van der Waals surface area contributed by atoms with Crippen molar-refractivity contribution in [2.24, 2.45) is 4.99 Å². The number of nitrogens with zero attached hydrogens (tertiary/aromatic N) is 1. The van der Waals surface area contributed by atoms with Gasteiger partial charge in [-0.2, -0.15) is 0 Å². The number of rotatable bonds is 2. The monoisotopic (exact) mass is 270 g/mol. The molecule has 2 heterocycles. The molecule has 1 aromatic rings. The molecule has 3 rings (SSSR count). The van der Waals surface area contributed by atoms with Crippen molar-refractivity contribution in [1.82, 2.24) is 5.32 Å². The standard InChI is InChI=1S/C15H14N2O3/c1-8-13-9-5-3-4-6-10(9)15(19)17-11(14(13)16-8)7-12(18)20-2/h3-6,11H,7H2,1-2H3,(H,17,19)/t11-/m0/s1. The zero-order valence-electron chi connectivity index (χ0n) is 11.3. The fraction of sp³-hybridized carbons (Fsp3) is 0.267. The van der Waals surface area contributed by atoms with Crippen molar-refractivity contribution in [1.29, 1.82) is 0 Å². The smallest absolute Gasteiger partial charge is 0.308 e. The van der Waals surface area contributed by atoms with E-state index < -0.39 is 6.04 Å². The molecule has 0 radical (unpaired) electrons. The minimum absolute atomic E-state index is 0.0891. The van der Waals surface area contributed by atoms with Crippen LogP contribution in [0.4, 0.5) is 0 Å². The summed E-state index contributed by atoms with van der Waals surface area (Å²) in [7, 11) is 1.33. The van der Waals surface area contributed by atoms with E-state index in [1.165, 1.54) is 7.11 Å². The molecular formula is C15H14N2O3. The fourth-order valence-corrected chi connectivity index (χ4v) is 2.61. The van der Waals surface area contributed by atoms with Crippen LogP contribution < -0.4 is 5.32 Å². The van der Waals surface area contributed by atoms with Crippen LogP contribution in [-0.4, -0.2) is 30.7 Å². The molecule has 1 atom stereocenters. The van der Waals surface area contributed by atoms with Crippen molar-refractivity contribution in [3.05, 3.63) is 41.1 Å². The molecular weight excluding hydrogens is 256 g/mol. The number of allylic oxidation sites excluding steroid dienone is 1. The third-order valence-corrected chi connectivity index (χ3v) is 3.58. The van der Waals surface area contributed by atoms with Gasteiger partial charge in [-0.15, -0.1) is 0 Å². The van der Waals surface area contributed by atoms with Crippen LogP contribution in [0.1, 0.15) is 29.3 Å². The molecule has 2 aliphatic rings. The average Bonchev–Trinajstić information content (AvgIpc) is 2.52. The van der Waals surface area contributed by atoms with E-state index in [1.807, 2.05) is 25.1 Å². The Bertz CT molecular complexity index is 673. The summed E-state index contributed by atoms with van der Waals surface area (Å²) in [4.78, 5) is 28.1. The molecule has 0 spiro atoms. The average molecular weight is 270 g/mol. The van der Waals surface area contributed by atoms with E-state index in [0.29, 0.717) is 5.56 Å². The molecule has 0 aromatic heterocycles. The van der Waals surface area contributed by atoms with Crippen molar-refractivity contribution < 1.29 is 14.3 Å². The normalized spacial score (nSPS) is 20.0. The van der Waals surface area contributed by atoms with Crippen LogP contribution >= 0.6 is 0 Å². The Morgan fingerprint density at radius 1 is 1.35 bits per heavy atom. The van der Waals surface area contributed by atoms with Gasteiger partial charge in [-0.3, -0.25) is 14.6 Å². The van der Waals surface area contributed by atoms with E-state index in [0.717, 1.165) is 22.5 Å². The van der Waals surface area contributed by atoms with E-state index in [9.17, 15) is 9.59 Å². The van der Waals surface area contributed by atoms with Gasteiger partial charge in [0.25, 0.3) is 5.91 Å². The first-order chi connectivity index (χ1) is 9.61. The maximum Gasteiger partial charge on any atom is 0.308 e. The molecule has 0 unspecified atom stereocenters. The number of hydrogen-bond donors (Lipinski definition) is 1. The SMILES string of the molecule is COC(=O)C[C@@H]1NC(=O)c2ccccc2C2=C1N=C2C. The minimum Gasteiger partial charge on any atom is -0.469 e. The molecule has 0 saturated heterocycles. The summed E-state index contributed by atoms with van der Waals surface area (Å²) < 4.78 is 4.68. The van der Waals surface area contributed by atoms with Crippen LogP contribution in [0.15, 0.2) is 35.0 Å². The summed E-state index contributed by atoms with van der Waals surface area (Å²) >= 11 is 0. The van der Waals surface area contributed by atoms with Gasteiger partial charge in [0.2, 0.25) is 0 Å². The largest absolute Gasteiger partial charge is 0.469 e. The Balaban J connectivity index is 2.05. The third kappa shape index (κ3) is 1.82. The molecule has 102 valence electrons. The first-order valence-corrected chi connectivity index (χ1v) is 6.38. The lowest BCUT2D eigenvalue weighted by atomic mass is 9.90. The van der Waals surface area contributed by atoms with Gasteiger partial charge >= 0.3 is 5.97 Å². The summed E-state index contributed by atoms with van der Waals surface area (Å²) in [6, 6.07) is 6.97. The number of hydrogen-bond acceptors (Lipinski definition) is 4. The molecule has 1 N–H and O–H groups in total. The molecule has 0 fully saturated rings. The van der Waals surface area contributed by atoms with E-state index in [1.54, 1.807) is 6.07 Å².